The molecule has 0 unspecified atom stereocenters. The first-order chi connectivity index (χ1) is 11.9. The van der Waals surface area contributed by atoms with E-state index in [9.17, 15) is 8.42 Å². The van der Waals surface area contributed by atoms with Gasteiger partial charge in [0.05, 0.1) is 11.5 Å². The van der Waals surface area contributed by atoms with E-state index < -0.39 is 9.84 Å². The van der Waals surface area contributed by atoms with Gasteiger partial charge in [0.25, 0.3) is 5.78 Å². The predicted molar refractivity (Wildman–Crippen MR) is 95.7 cm³/mol. The van der Waals surface area contributed by atoms with Crippen molar-refractivity contribution in [3.05, 3.63) is 17.6 Å². The van der Waals surface area contributed by atoms with E-state index in [4.69, 9.17) is 0 Å². The molecule has 2 saturated heterocycles. The van der Waals surface area contributed by atoms with Gasteiger partial charge < -0.3 is 4.90 Å². The van der Waals surface area contributed by atoms with Crippen molar-refractivity contribution >= 4 is 21.4 Å². The molecule has 2 aromatic heterocycles. The van der Waals surface area contributed by atoms with E-state index in [0.29, 0.717) is 36.4 Å². The summed E-state index contributed by atoms with van der Waals surface area (Å²) in [7, 11) is -2.81. The number of piperidine rings is 1. The summed E-state index contributed by atoms with van der Waals surface area (Å²) in [5.41, 5.74) is 2.12. The molecule has 0 saturated carbocycles. The molecule has 4 heterocycles. The molecule has 0 amide bonds. The Morgan fingerprint density at radius 1 is 1.08 bits per heavy atom. The van der Waals surface area contributed by atoms with Crippen LogP contribution in [0.2, 0.25) is 0 Å². The van der Waals surface area contributed by atoms with E-state index >= 15 is 0 Å². The molecular weight excluding hydrogens is 340 g/mol. The molecule has 0 aliphatic carbocycles. The van der Waals surface area contributed by atoms with Crippen molar-refractivity contribution in [3.63, 3.8) is 0 Å². The number of aryl methyl sites for hydroxylation is 1. The Balaban J connectivity index is 1.49. The van der Waals surface area contributed by atoms with Crippen molar-refractivity contribution in [3.8, 4) is 0 Å². The van der Waals surface area contributed by atoms with E-state index in [2.05, 4.69) is 31.8 Å². The third kappa shape index (κ3) is 3.10. The highest BCUT2D eigenvalue weighted by molar-refractivity contribution is 7.91. The molecule has 25 heavy (non-hydrogen) atoms. The molecule has 4 rings (SSSR count). The van der Waals surface area contributed by atoms with Crippen LogP contribution < -0.4 is 4.90 Å². The van der Waals surface area contributed by atoms with Gasteiger partial charge in [0.15, 0.2) is 9.84 Å². The van der Waals surface area contributed by atoms with Gasteiger partial charge in [0.2, 0.25) is 0 Å². The molecule has 9 heteroatoms. The molecule has 2 fully saturated rings. The second kappa shape index (κ2) is 6.21. The van der Waals surface area contributed by atoms with Gasteiger partial charge in [0.1, 0.15) is 12.1 Å². The summed E-state index contributed by atoms with van der Waals surface area (Å²) in [5.74, 6) is 2.33. The van der Waals surface area contributed by atoms with Gasteiger partial charge in [-0.3, -0.25) is 4.90 Å². The highest BCUT2D eigenvalue weighted by Crippen LogP contribution is 2.27. The lowest BCUT2D eigenvalue weighted by Crippen LogP contribution is -2.50. The van der Waals surface area contributed by atoms with Gasteiger partial charge >= 0.3 is 0 Å². The first kappa shape index (κ1) is 16.7. The molecule has 0 radical (unpaired) electrons. The minimum atomic E-state index is -2.81. The number of fused-ring (bicyclic) bond motifs is 1. The Hall–Kier alpha value is -1.74. The molecule has 136 valence electrons. The van der Waals surface area contributed by atoms with Crippen LogP contribution in [0.5, 0.6) is 0 Å². The number of hydrogen-bond donors (Lipinski definition) is 0. The Kier molecular flexibility index (Phi) is 4.15. The average molecular weight is 364 g/mol. The fourth-order valence-electron chi connectivity index (χ4n) is 3.92. The molecule has 2 aliphatic heterocycles. The molecule has 0 aromatic carbocycles. The summed E-state index contributed by atoms with van der Waals surface area (Å²) in [6, 6.07) is 0.473. The Labute approximate surface area is 147 Å². The van der Waals surface area contributed by atoms with Gasteiger partial charge in [-0.05, 0) is 26.7 Å². The summed E-state index contributed by atoms with van der Waals surface area (Å²) in [5, 5.41) is 4.34. The van der Waals surface area contributed by atoms with Crippen molar-refractivity contribution in [1.82, 2.24) is 24.5 Å². The molecular formula is C16H24N6O2S. The fraction of sp³-hybridized carbons (Fsp3) is 0.688. The van der Waals surface area contributed by atoms with Crippen LogP contribution >= 0.6 is 0 Å². The Morgan fingerprint density at radius 2 is 1.76 bits per heavy atom. The second-order valence-electron chi connectivity index (χ2n) is 7.02. The van der Waals surface area contributed by atoms with Crippen LogP contribution in [0.4, 0.5) is 5.82 Å². The number of sulfone groups is 1. The summed E-state index contributed by atoms with van der Waals surface area (Å²) < 4.78 is 25.1. The first-order valence-corrected chi connectivity index (χ1v) is 10.6. The van der Waals surface area contributed by atoms with E-state index in [1.54, 1.807) is 6.33 Å². The van der Waals surface area contributed by atoms with Gasteiger partial charge in [-0.2, -0.15) is 14.6 Å². The SMILES string of the molecule is Cc1nc2ncnn2c(N2CCC(N3CCS(=O)(=O)CC3)CC2)c1C. The smallest absolute Gasteiger partial charge is 0.254 e. The largest absolute Gasteiger partial charge is 0.356 e. The molecule has 8 nitrogen and oxygen atoms in total. The van der Waals surface area contributed by atoms with Crippen LogP contribution in [0, 0.1) is 13.8 Å². The van der Waals surface area contributed by atoms with Crippen LogP contribution in [0.15, 0.2) is 6.33 Å². The monoisotopic (exact) mass is 364 g/mol. The molecule has 0 atom stereocenters. The standard InChI is InChI=1S/C16H24N6O2S/c1-12-13(2)19-16-17-11-18-22(16)15(12)21-5-3-14(4-6-21)20-7-9-25(23,24)10-8-20/h11,14H,3-10H2,1-2H3. The maximum absolute atomic E-state index is 11.6. The molecule has 0 spiro atoms. The lowest BCUT2D eigenvalue weighted by atomic mass is 10.0. The van der Waals surface area contributed by atoms with Crippen LogP contribution in [0.1, 0.15) is 24.1 Å². The highest BCUT2D eigenvalue weighted by Gasteiger charge is 2.30. The third-order valence-corrected chi connectivity index (χ3v) is 7.14. The van der Waals surface area contributed by atoms with Gasteiger partial charge in [-0.1, -0.05) is 0 Å². The number of rotatable bonds is 2. The summed E-state index contributed by atoms with van der Waals surface area (Å²) >= 11 is 0. The van der Waals surface area contributed by atoms with Crippen molar-refractivity contribution < 1.29 is 8.42 Å². The zero-order chi connectivity index (χ0) is 17.6. The summed E-state index contributed by atoms with van der Waals surface area (Å²) in [4.78, 5) is 13.4. The van der Waals surface area contributed by atoms with Crippen molar-refractivity contribution in [2.45, 2.75) is 32.7 Å². The Morgan fingerprint density at radius 3 is 2.44 bits per heavy atom. The maximum Gasteiger partial charge on any atom is 0.254 e. The molecule has 2 aliphatic rings. The number of aromatic nitrogens is 4. The average Bonchev–Trinajstić information content (AvgIpc) is 3.04. The minimum absolute atomic E-state index is 0.301. The van der Waals surface area contributed by atoms with Gasteiger partial charge in [0, 0.05) is 43.5 Å². The lowest BCUT2D eigenvalue weighted by molar-refractivity contribution is 0.182. The van der Waals surface area contributed by atoms with Crippen molar-refractivity contribution in [1.29, 1.82) is 0 Å². The van der Waals surface area contributed by atoms with Crippen molar-refractivity contribution in [2.24, 2.45) is 0 Å². The maximum atomic E-state index is 11.6. The zero-order valence-electron chi connectivity index (χ0n) is 14.7. The first-order valence-electron chi connectivity index (χ1n) is 8.81. The zero-order valence-corrected chi connectivity index (χ0v) is 15.5. The summed E-state index contributed by atoms with van der Waals surface area (Å²) in [6.45, 7) is 7.32. The second-order valence-corrected chi connectivity index (χ2v) is 9.33. The molecule has 0 bridgehead atoms. The van der Waals surface area contributed by atoms with Gasteiger partial charge in [-0.15, -0.1) is 0 Å². The Bertz CT molecular complexity index is 871. The summed E-state index contributed by atoms with van der Waals surface area (Å²) in [6.07, 6.45) is 3.62. The van der Waals surface area contributed by atoms with E-state index in [-0.39, 0.29) is 0 Å². The molecule has 2 aromatic rings. The third-order valence-electron chi connectivity index (χ3n) is 5.54. The van der Waals surface area contributed by atoms with Crippen molar-refractivity contribution in [2.75, 3.05) is 42.6 Å². The lowest BCUT2D eigenvalue weighted by Gasteiger charge is -2.41. The molecule has 0 N–H and O–H groups in total. The number of hydrogen-bond acceptors (Lipinski definition) is 7. The van der Waals surface area contributed by atoms with E-state index in [0.717, 1.165) is 43.0 Å². The normalized spacial score (nSPS) is 22.6. The van der Waals surface area contributed by atoms with Crippen LogP contribution in [0.25, 0.3) is 5.78 Å². The van der Waals surface area contributed by atoms with Crippen LogP contribution in [-0.2, 0) is 9.84 Å². The van der Waals surface area contributed by atoms with E-state index in [1.807, 2.05) is 11.4 Å². The van der Waals surface area contributed by atoms with Gasteiger partial charge in [-0.25, -0.2) is 13.4 Å². The number of nitrogens with zero attached hydrogens (tertiary/aromatic N) is 6. The fourth-order valence-corrected chi connectivity index (χ4v) is 5.15. The van der Waals surface area contributed by atoms with Crippen LogP contribution in [-0.4, -0.2) is 76.6 Å². The van der Waals surface area contributed by atoms with E-state index in [1.165, 1.54) is 0 Å². The minimum Gasteiger partial charge on any atom is -0.356 e. The highest BCUT2D eigenvalue weighted by atomic mass is 32.2. The predicted octanol–water partition coefficient (Wildman–Crippen LogP) is 0.440. The van der Waals surface area contributed by atoms with Crippen LogP contribution in [0.3, 0.4) is 0 Å². The quantitative estimate of drug-likeness (QED) is 0.764. The number of anilines is 1. The topological polar surface area (TPSA) is 83.7 Å².